The second-order valence-electron chi connectivity index (χ2n) is 7.86. The van der Waals surface area contributed by atoms with E-state index >= 15 is 0 Å². The number of ether oxygens (including phenoxy) is 1. The van der Waals surface area contributed by atoms with Gasteiger partial charge < -0.3 is 15.4 Å². The Labute approximate surface area is 202 Å². The Bertz CT molecular complexity index is 743. The number of thiophene rings is 1. The lowest BCUT2D eigenvalue weighted by atomic mass is 9.96. The van der Waals surface area contributed by atoms with Crippen molar-refractivity contribution in [2.45, 2.75) is 32.2 Å². The Kier molecular flexibility index (Phi) is 11.0. The minimum absolute atomic E-state index is 0. The summed E-state index contributed by atoms with van der Waals surface area (Å²) in [7, 11) is 3.56. The van der Waals surface area contributed by atoms with Crippen LogP contribution in [0.4, 0.5) is 0 Å². The lowest BCUT2D eigenvalue weighted by Gasteiger charge is -2.32. The van der Waals surface area contributed by atoms with E-state index < -0.39 is 0 Å². The number of likely N-dealkylation sites (tertiary alicyclic amines) is 1. The number of halogens is 1. The van der Waals surface area contributed by atoms with Crippen LogP contribution in [0.2, 0.25) is 0 Å². The molecule has 5 nitrogen and oxygen atoms in total. The van der Waals surface area contributed by atoms with E-state index in [9.17, 15) is 0 Å². The van der Waals surface area contributed by atoms with Gasteiger partial charge in [-0.3, -0.25) is 9.89 Å². The molecule has 1 fully saturated rings. The number of hydrogen-bond acceptors (Lipinski definition) is 4. The van der Waals surface area contributed by atoms with Crippen molar-refractivity contribution in [3.05, 3.63) is 52.2 Å². The van der Waals surface area contributed by atoms with Crippen molar-refractivity contribution < 1.29 is 4.74 Å². The van der Waals surface area contributed by atoms with Crippen molar-refractivity contribution in [3.8, 4) is 5.75 Å². The number of nitrogens with zero attached hydrogens (tertiary/aromatic N) is 2. The average Bonchev–Trinajstić information content (AvgIpc) is 3.30. The normalized spacial score (nSPS) is 16.6. The Morgan fingerprint density at radius 2 is 1.93 bits per heavy atom. The summed E-state index contributed by atoms with van der Waals surface area (Å²) >= 11 is 1.76. The Balaban J connectivity index is 0.00000320. The summed E-state index contributed by atoms with van der Waals surface area (Å²) in [5.74, 6) is 3.02. The maximum absolute atomic E-state index is 5.24. The van der Waals surface area contributed by atoms with Crippen LogP contribution in [-0.2, 0) is 6.54 Å². The summed E-state index contributed by atoms with van der Waals surface area (Å²) in [6.07, 6.45) is 2.46. The van der Waals surface area contributed by atoms with Gasteiger partial charge in [-0.25, -0.2) is 0 Å². The highest BCUT2D eigenvalue weighted by Crippen LogP contribution is 2.20. The van der Waals surface area contributed by atoms with E-state index in [1.807, 2.05) is 19.2 Å². The summed E-state index contributed by atoms with van der Waals surface area (Å²) in [6, 6.07) is 10.6. The van der Waals surface area contributed by atoms with Crippen molar-refractivity contribution in [2.75, 3.05) is 40.3 Å². The van der Waals surface area contributed by atoms with Gasteiger partial charge in [-0.1, -0.05) is 19.1 Å². The molecule has 1 aliphatic heterocycles. The third kappa shape index (κ3) is 7.74. The van der Waals surface area contributed by atoms with Crippen LogP contribution in [0.25, 0.3) is 0 Å². The molecule has 2 aromatic rings. The number of methoxy groups -OCH3 is 1. The summed E-state index contributed by atoms with van der Waals surface area (Å²) in [5, 5.41) is 11.4. The van der Waals surface area contributed by atoms with E-state index in [4.69, 9.17) is 4.74 Å². The van der Waals surface area contributed by atoms with E-state index in [0.717, 1.165) is 44.4 Å². The number of piperidine rings is 1. The second kappa shape index (κ2) is 13.2. The first-order chi connectivity index (χ1) is 14.2. The minimum atomic E-state index is 0. The lowest BCUT2D eigenvalue weighted by Crippen LogP contribution is -2.43. The Morgan fingerprint density at radius 1 is 1.20 bits per heavy atom. The van der Waals surface area contributed by atoms with E-state index in [0.29, 0.717) is 11.8 Å². The molecule has 0 aliphatic carbocycles. The molecule has 1 aromatic carbocycles. The van der Waals surface area contributed by atoms with Gasteiger partial charge in [-0.2, -0.15) is 11.3 Å². The number of hydrogen-bond donors (Lipinski definition) is 2. The second-order valence-corrected chi connectivity index (χ2v) is 8.64. The maximum Gasteiger partial charge on any atom is 0.191 e. The van der Waals surface area contributed by atoms with Crippen molar-refractivity contribution in [1.82, 2.24) is 15.5 Å². The molecule has 1 aromatic heterocycles. The van der Waals surface area contributed by atoms with Gasteiger partial charge in [-0.15, -0.1) is 24.0 Å². The summed E-state index contributed by atoms with van der Waals surface area (Å²) in [6.45, 7) is 7.47. The molecule has 1 saturated heterocycles. The first kappa shape index (κ1) is 24.9. The largest absolute Gasteiger partial charge is 0.497 e. The van der Waals surface area contributed by atoms with E-state index in [-0.39, 0.29) is 24.0 Å². The first-order valence-electron chi connectivity index (χ1n) is 10.5. The third-order valence-corrected chi connectivity index (χ3v) is 6.44. The molecule has 2 heterocycles. The van der Waals surface area contributed by atoms with Gasteiger partial charge in [-0.05, 0) is 77.9 Å². The number of guanidine groups is 1. The van der Waals surface area contributed by atoms with E-state index in [1.54, 1.807) is 18.4 Å². The predicted octanol–water partition coefficient (Wildman–Crippen LogP) is 4.56. The summed E-state index contributed by atoms with van der Waals surface area (Å²) in [4.78, 5) is 6.94. The van der Waals surface area contributed by atoms with Crippen LogP contribution >= 0.6 is 35.3 Å². The predicted molar refractivity (Wildman–Crippen MR) is 139 cm³/mol. The molecule has 1 atom stereocenters. The molecule has 0 bridgehead atoms. The average molecular weight is 543 g/mol. The molecule has 30 heavy (non-hydrogen) atoms. The van der Waals surface area contributed by atoms with E-state index in [1.165, 1.54) is 24.0 Å². The van der Waals surface area contributed by atoms with E-state index in [2.05, 4.69) is 56.4 Å². The van der Waals surface area contributed by atoms with Crippen LogP contribution in [0, 0.1) is 5.92 Å². The number of benzene rings is 1. The first-order valence-corrected chi connectivity index (χ1v) is 11.4. The summed E-state index contributed by atoms with van der Waals surface area (Å²) in [5.41, 5.74) is 2.74. The van der Waals surface area contributed by atoms with Gasteiger partial charge in [0.1, 0.15) is 5.75 Å². The highest BCUT2D eigenvalue weighted by atomic mass is 127. The zero-order valence-electron chi connectivity index (χ0n) is 18.3. The topological polar surface area (TPSA) is 48.9 Å². The van der Waals surface area contributed by atoms with Crippen LogP contribution < -0.4 is 15.4 Å². The standard InChI is InChI=1S/C23H34N4OS.HI/c1-18(21-10-13-29-17-21)14-25-23(24-2)26-15-19-8-11-27(12-9-19)16-20-4-6-22(28-3)7-5-20;/h4-7,10,13,17-19H,8-9,11-12,14-16H2,1-3H3,(H2,24,25,26);1H. The number of nitrogens with one attached hydrogen (secondary N) is 2. The van der Waals surface area contributed by atoms with Gasteiger partial charge in [0.05, 0.1) is 7.11 Å². The van der Waals surface area contributed by atoms with Gasteiger partial charge in [0.2, 0.25) is 0 Å². The monoisotopic (exact) mass is 542 g/mol. The molecule has 1 aliphatic rings. The fourth-order valence-electron chi connectivity index (χ4n) is 3.72. The molecule has 0 saturated carbocycles. The fraction of sp³-hybridized carbons (Fsp3) is 0.522. The van der Waals surface area contributed by atoms with Crippen LogP contribution in [0.15, 0.2) is 46.1 Å². The van der Waals surface area contributed by atoms with Crippen molar-refractivity contribution in [2.24, 2.45) is 10.9 Å². The molecule has 0 radical (unpaired) electrons. The van der Waals surface area contributed by atoms with Crippen molar-refractivity contribution in [1.29, 1.82) is 0 Å². The zero-order chi connectivity index (χ0) is 20.5. The highest BCUT2D eigenvalue weighted by molar-refractivity contribution is 14.0. The quantitative estimate of drug-likeness (QED) is 0.292. The molecule has 3 rings (SSSR count). The SMILES string of the molecule is CN=C(NCC1CCN(Cc2ccc(OC)cc2)CC1)NCC(C)c1ccsc1.I. The van der Waals surface area contributed by atoms with Crippen molar-refractivity contribution in [3.63, 3.8) is 0 Å². The maximum atomic E-state index is 5.24. The van der Waals surface area contributed by atoms with Crippen LogP contribution in [0.3, 0.4) is 0 Å². The van der Waals surface area contributed by atoms with Crippen LogP contribution in [0.5, 0.6) is 5.75 Å². The molecule has 2 N–H and O–H groups in total. The van der Waals surface area contributed by atoms with Gasteiger partial charge >= 0.3 is 0 Å². The van der Waals surface area contributed by atoms with Crippen LogP contribution in [0.1, 0.15) is 36.8 Å². The van der Waals surface area contributed by atoms with Gasteiger partial charge in [0, 0.05) is 26.7 Å². The van der Waals surface area contributed by atoms with Gasteiger partial charge in [0.15, 0.2) is 5.96 Å². The summed E-state index contributed by atoms with van der Waals surface area (Å²) < 4.78 is 5.24. The highest BCUT2D eigenvalue weighted by Gasteiger charge is 2.19. The van der Waals surface area contributed by atoms with Crippen LogP contribution in [-0.4, -0.2) is 51.2 Å². The number of aliphatic imine (C=N–C) groups is 1. The molecular weight excluding hydrogens is 507 g/mol. The minimum Gasteiger partial charge on any atom is -0.497 e. The molecule has 166 valence electrons. The molecule has 0 amide bonds. The Morgan fingerprint density at radius 3 is 2.53 bits per heavy atom. The molecular formula is C23H35IN4OS. The number of rotatable bonds is 8. The zero-order valence-corrected chi connectivity index (χ0v) is 21.4. The molecule has 0 spiro atoms. The third-order valence-electron chi connectivity index (χ3n) is 5.74. The van der Waals surface area contributed by atoms with Gasteiger partial charge in [0.25, 0.3) is 0 Å². The smallest absolute Gasteiger partial charge is 0.191 e. The fourth-order valence-corrected chi connectivity index (χ4v) is 4.50. The Hall–Kier alpha value is -1.32. The van der Waals surface area contributed by atoms with Crippen molar-refractivity contribution >= 4 is 41.3 Å². The molecule has 7 heteroatoms. The lowest BCUT2D eigenvalue weighted by molar-refractivity contribution is 0.178. The molecule has 1 unspecified atom stereocenters.